The molecule has 1 N–H and O–H groups in total. The fraction of sp³-hybridized carbons (Fsp3) is 0.500. The van der Waals surface area contributed by atoms with Crippen molar-refractivity contribution in [1.29, 1.82) is 0 Å². The summed E-state index contributed by atoms with van der Waals surface area (Å²) in [6, 6.07) is 4.91. The summed E-state index contributed by atoms with van der Waals surface area (Å²) in [5.41, 5.74) is 1.72. The number of nitrogens with zero attached hydrogens (tertiary/aromatic N) is 1. The van der Waals surface area contributed by atoms with Crippen LogP contribution in [0.1, 0.15) is 43.1 Å². The number of benzene rings is 1. The third-order valence-electron chi connectivity index (χ3n) is 3.38. The number of aromatic carboxylic acids is 1. The second-order valence-corrected chi connectivity index (χ2v) is 6.15. The summed E-state index contributed by atoms with van der Waals surface area (Å²) in [7, 11) is 0. The third kappa shape index (κ3) is 3.82. The second-order valence-electron chi connectivity index (χ2n) is 6.15. The number of amides is 1. The van der Waals surface area contributed by atoms with Gasteiger partial charge in [-0.25, -0.2) is 4.79 Å². The Balaban J connectivity index is 2.16. The van der Waals surface area contributed by atoms with Crippen molar-refractivity contribution in [2.75, 3.05) is 18.1 Å². The number of carbonyl (C=O) groups excluding carboxylic acids is 1. The minimum absolute atomic E-state index is 0.0584. The van der Waals surface area contributed by atoms with Crippen LogP contribution < -0.4 is 4.90 Å². The van der Waals surface area contributed by atoms with Crippen molar-refractivity contribution in [2.45, 2.75) is 39.2 Å². The zero-order valence-electron chi connectivity index (χ0n) is 12.7. The number of hydrogen-bond acceptors (Lipinski definition) is 3. The lowest BCUT2D eigenvalue weighted by Gasteiger charge is -2.30. The first kappa shape index (κ1) is 15.5. The van der Waals surface area contributed by atoms with Crippen LogP contribution in [0.5, 0.6) is 0 Å². The van der Waals surface area contributed by atoms with Crippen molar-refractivity contribution in [2.24, 2.45) is 0 Å². The average Bonchev–Trinajstić information content (AvgIpc) is 2.39. The van der Waals surface area contributed by atoms with Gasteiger partial charge >= 0.3 is 5.97 Å². The van der Waals surface area contributed by atoms with Gasteiger partial charge in [-0.3, -0.25) is 4.79 Å². The maximum Gasteiger partial charge on any atom is 0.335 e. The van der Waals surface area contributed by atoms with Crippen LogP contribution in [0.2, 0.25) is 0 Å². The first-order valence-electron chi connectivity index (χ1n) is 7.08. The summed E-state index contributed by atoms with van der Waals surface area (Å²) in [6.07, 6.45) is 0.998. The number of ether oxygens (including phenoxy) is 1. The summed E-state index contributed by atoms with van der Waals surface area (Å²) < 4.78 is 5.67. The fourth-order valence-corrected chi connectivity index (χ4v) is 2.38. The van der Waals surface area contributed by atoms with Crippen LogP contribution in [0, 0.1) is 0 Å². The van der Waals surface area contributed by atoms with E-state index in [9.17, 15) is 9.59 Å². The van der Waals surface area contributed by atoms with Gasteiger partial charge in [-0.2, -0.15) is 0 Å². The monoisotopic (exact) mass is 291 g/mol. The van der Waals surface area contributed by atoms with Gasteiger partial charge in [-0.15, -0.1) is 0 Å². The van der Waals surface area contributed by atoms with E-state index in [1.165, 1.54) is 6.07 Å². The molecule has 0 atom stereocenters. The highest BCUT2D eigenvalue weighted by molar-refractivity contribution is 5.97. The number of carboxylic acid groups (broad SMARTS) is 1. The van der Waals surface area contributed by atoms with Crippen LogP contribution in [0.15, 0.2) is 18.2 Å². The molecule has 5 heteroatoms. The summed E-state index contributed by atoms with van der Waals surface area (Å²) in [4.78, 5) is 24.8. The van der Waals surface area contributed by atoms with Gasteiger partial charge in [-0.05, 0) is 51.0 Å². The highest BCUT2D eigenvalue weighted by Gasteiger charge is 2.25. The van der Waals surface area contributed by atoms with Crippen LogP contribution in [0.3, 0.4) is 0 Å². The molecule has 0 fully saturated rings. The Hall–Kier alpha value is -1.88. The summed E-state index contributed by atoms with van der Waals surface area (Å²) in [5.74, 6) is -0.889. The van der Waals surface area contributed by atoms with E-state index in [0.717, 1.165) is 11.3 Å². The van der Waals surface area contributed by atoms with E-state index in [1.54, 1.807) is 17.0 Å². The molecule has 21 heavy (non-hydrogen) atoms. The lowest BCUT2D eigenvalue weighted by atomic mass is 9.98. The molecule has 1 aromatic carbocycles. The molecule has 1 amide bonds. The van der Waals surface area contributed by atoms with Crippen molar-refractivity contribution in [3.8, 4) is 0 Å². The number of rotatable bonds is 4. The van der Waals surface area contributed by atoms with Crippen LogP contribution >= 0.6 is 0 Å². The van der Waals surface area contributed by atoms with Crippen LogP contribution in [-0.4, -0.2) is 35.7 Å². The molecule has 0 aliphatic carbocycles. The van der Waals surface area contributed by atoms with Crippen molar-refractivity contribution in [3.63, 3.8) is 0 Å². The van der Waals surface area contributed by atoms with Crippen molar-refractivity contribution < 1.29 is 19.4 Å². The molecule has 0 bridgehead atoms. The molecular weight excluding hydrogens is 270 g/mol. The topological polar surface area (TPSA) is 66.8 Å². The number of anilines is 1. The Bertz CT molecular complexity index is 560. The molecule has 0 spiro atoms. The van der Waals surface area contributed by atoms with E-state index >= 15 is 0 Å². The second kappa shape index (κ2) is 5.85. The highest BCUT2D eigenvalue weighted by atomic mass is 16.5. The molecule has 1 heterocycles. The number of carboxylic acids is 1. The first-order valence-corrected chi connectivity index (χ1v) is 7.08. The highest BCUT2D eigenvalue weighted by Crippen LogP contribution is 2.28. The Morgan fingerprint density at radius 2 is 2.05 bits per heavy atom. The lowest BCUT2D eigenvalue weighted by molar-refractivity contribution is -0.119. The molecular formula is C16H21NO4. The molecule has 114 valence electrons. The molecule has 0 unspecified atom stereocenters. The molecule has 2 rings (SSSR count). The molecule has 0 radical (unpaired) electrons. The minimum Gasteiger partial charge on any atom is -0.478 e. The Morgan fingerprint density at radius 1 is 1.33 bits per heavy atom. The van der Waals surface area contributed by atoms with Crippen LogP contribution in [-0.2, 0) is 16.0 Å². The molecule has 0 aromatic heterocycles. The summed E-state index contributed by atoms with van der Waals surface area (Å²) in [6.45, 7) is 6.85. The number of fused-ring (bicyclic) bond motifs is 1. The normalized spacial score (nSPS) is 15.0. The largest absolute Gasteiger partial charge is 0.478 e. The van der Waals surface area contributed by atoms with E-state index < -0.39 is 5.97 Å². The SMILES string of the molecule is CC(C)(C)OCCN1C(=O)CCc2cc(C(=O)O)ccc21. The molecule has 1 aliphatic rings. The van der Waals surface area contributed by atoms with Gasteiger partial charge in [0.2, 0.25) is 5.91 Å². The zero-order valence-corrected chi connectivity index (χ0v) is 12.7. The van der Waals surface area contributed by atoms with Gasteiger partial charge in [0.05, 0.1) is 17.8 Å². The van der Waals surface area contributed by atoms with Crippen LogP contribution in [0.4, 0.5) is 5.69 Å². The molecule has 5 nitrogen and oxygen atoms in total. The first-order chi connectivity index (χ1) is 9.78. The smallest absolute Gasteiger partial charge is 0.335 e. The van der Waals surface area contributed by atoms with E-state index in [-0.39, 0.29) is 17.1 Å². The van der Waals surface area contributed by atoms with E-state index in [4.69, 9.17) is 9.84 Å². The van der Waals surface area contributed by atoms with Gasteiger partial charge in [0.1, 0.15) is 0 Å². The van der Waals surface area contributed by atoms with E-state index in [2.05, 4.69) is 0 Å². The maximum absolute atomic E-state index is 12.1. The van der Waals surface area contributed by atoms with Crippen molar-refractivity contribution in [3.05, 3.63) is 29.3 Å². The Morgan fingerprint density at radius 3 is 2.67 bits per heavy atom. The van der Waals surface area contributed by atoms with Crippen molar-refractivity contribution >= 4 is 17.6 Å². The fourth-order valence-electron chi connectivity index (χ4n) is 2.38. The third-order valence-corrected chi connectivity index (χ3v) is 3.38. The van der Waals surface area contributed by atoms with Gasteiger partial charge in [0.15, 0.2) is 0 Å². The van der Waals surface area contributed by atoms with Gasteiger partial charge in [0, 0.05) is 18.7 Å². The predicted octanol–water partition coefficient (Wildman–Crippen LogP) is 2.48. The lowest BCUT2D eigenvalue weighted by Crippen LogP contribution is -2.38. The average molecular weight is 291 g/mol. The van der Waals surface area contributed by atoms with Gasteiger partial charge < -0.3 is 14.7 Å². The Kier molecular flexibility index (Phi) is 4.32. The van der Waals surface area contributed by atoms with Crippen molar-refractivity contribution in [1.82, 2.24) is 0 Å². The number of carbonyl (C=O) groups is 2. The van der Waals surface area contributed by atoms with E-state index in [0.29, 0.717) is 26.0 Å². The standard InChI is InChI=1S/C16H21NO4/c1-16(2,3)21-9-8-17-13-6-4-12(15(19)20)10-11(13)5-7-14(17)18/h4,6,10H,5,7-9H2,1-3H3,(H,19,20). The quantitative estimate of drug-likeness (QED) is 0.925. The minimum atomic E-state index is -0.947. The molecule has 1 aromatic rings. The molecule has 1 aliphatic heterocycles. The van der Waals surface area contributed by atoms with Gasteiger partial charge in [-0.1, -0.05) is 0 Å². The summed E-state index contributed by atoms with van der Waals surface area (Å²) >= 11 is 0. The zero-order chi connectivity index (χ0) is 15.6. The van der Waals surface area contributed by atoms with Crippen LogP contribution in [0.25, 0.3) is 0 Å². The number of aryl methyl sites for hydroxylation is 1. The molecule has 0 saturated carbocycles. The predicted molar refractivity (Wildman–Crippen MR) is 79.8 cm³/mol. The Labute approximate surface area is 124 Å². The van der Waals surface area contributed by atoms with Gasteiger partial charge in [0.25, 0.3) is 0 Å². The maximum atomic E-state index is 12.1. The number of hydrogen-bond donors (Lipinski definition) is 1. The summed E-state index contributed by atoms with van der Waals surface area (Å²) in [5, 5.41) is 9.03. The van der Waals surface area contributed by atoms with E-state index in [1.807, 2.05) is 20.8 Å². The molecule has 0 saturated heterocycles.